The summed E-state index contributed by atoms with van der Waals surface area (Å²) < 4.78 is 9.99. The Morgan fingerprint density at radius 2 is 1.92 bits per heavy atom. The third-order valence-corrected chi connectivity index (χ3v) is 3.63. The van der Waals surface area contributed by atoms with Crippen molar-refractivity contribution in [1.82, 2.24) is 4.90 Å². The van der Waals surface area contributed by atoms with Gasteiger partial charge in [-0.3, -0.25) is 19.7 Å². The molecule has 8 nitrogen and oxygen atoms in total. The van der Waals surface area contributed by atoms with Crippen LogP contribution in [0.4, 0.5) is 5.69 Å². The van der Waals surface area contributed by atoms with E-state index in [1.165, 1.54) is 31.4 Å². The lowest BCUT2D eigenvalue weighted by molar-refractivity contribution is -0.384. The number of hydrogen-bond acceptors (Lipinski definition) is 6. The molecule has 0 saturated heterocycles. The van der Waals surface area contributed by atoms with Crippen molar-refractivity contribution in [3.05, 3.63) is 39.9 Å². The van der Waals surface area contributed by atoms with Gasteiger partial charge in [0.2, 0.25) is 0 Å². The van der Waals surface area contributed by atoms with Crippen molar-refractivity contribution >= 4 is 17.6 Å². The number of esters is 1. The first-order valence-corrected chi connectivity index (χ1v) is 8.10. The SMILES string of the molecule is CCOCCCN(CC(C)C(=O)OC)C(=O)c1ccc([N+](=O)[O-])cc1. The molecule has 1 atom stereocenters. The molecule has 1 aromatic rings. The molecule has 0 heterocycles. The highest BCUT2D eigenvalue weighted by atomic mass is 16.6. The molecule has 0 aliphatic heterocycles. The lowest BCUT2D eigenvalue weighted by atomic mass is 10.1. The number of benzene rings is 1. The van der Waals surface area contributed by atoms with Gasteiger partial charge in [0.05, 0.1) is 18.0 Å². The number of nitro groups is 1. The van der Waals surface area contributed by atoms with Crippen LogP contribution in [0.25, 0.3) is 0 Å². The smallest absolute Gasteiger partial charge is 0.310 e. The maximum atomic E-state index is 12.7. The molecule has 0 aromatic heterocycles. The third-order valence-electron chi connectivity index (χ3n) is 3.63. The van der Waals surface area contributed by atoms with Crippen LogP contribution in [0.2, 0.25) is 0 Å². The molecule has 25 heavy (non-hydrogen) atoms. The second-order valence-electron chi connectivity index (χ2n) is 5.53. The molecule has 0 saturated carbocycles. The Labute approximate surface area is 146 Å². The van der Waals surface area contributed by atoms with E-state index in [1.54, 1.807) is 11.8 Å². The summed E-state index contributed by atoms with van der Waals surface area (Å²) >= 11 is 0. The first-order valence-electron chi connectivity index (χ1n) is 8.10. The average molecular weight is 352 g/mol. The fourth-order valence-corrected chi connectivity index (χ4v) is 2.29. The summed E-state index contributed by atoms with van der Waals surface area (Å²) in [6.45, 7) is 5.29. The summed E-state index contributed by atoms with van der Waals surface area (Å²) in [4.78, 5) is 36.1. The van der Waals surface area contributed by atoms with Gasteiger partial charge in [-0.15, -0.1) is 0 Å². The van der Waals surface area contributed by atoms with E-state index in [0.29, 0.717) is 31.7 Å². The van der Waals surface area contributed by atoms with Gasteiger partial charge in [-0.05, 0) is 25.5 Å². The molecule has 8 heteroatoms. The Morgan fingerprint density at radius 1 is 1.28 bits per heavy atom. The predicted octanol–water partition coefficient (Wildman–Crippen LogP) is 2.27. The number of methoxy groups -OCH3 is 1. The van der Waals surface area contributed by atoms with Crippen LogP contribution in [0, 0.1) is 16.0 Å². The highest BCUT2D eigenvalue weighted by Gasteiger charge is 2.22. The third kappa shape index (κ3) is 6.50. The van der Waals surface area contributed by atoms with Crippen LogP contribution in [0.1, 0.15) is 30.6 Å². The summed E-state index contributed by atoms with van der Waals surface area (Å²) in [6.07, 6.45) is 0.625. The molecule has 0 aliphatic rings. The standard InChI is InChI=1S/C17H24N2O6/c1-4-25-11-5-10-18(12-13(2)17(21)24-3)16(20)14-6-8-15(9-7-14)19(22)23/h6-9,13H,4-5,10-12H2,1-3H3. The molecule has 0 aliphatic carbocycles. The zero-order valence-corrected chi connectivity index (χ0v) is 14.8. The summed E-state index contributed by atoms with van der Waals surface area (Å²) in [6, 6.07) is 5.41. The van der Waals surface area contributed by atoms with E-state index in [1.807, 2.05) is 6.92 Å². The van der Waals surface area contributed by atoms with E-state index in [-0.39, 0.29) is 18.1 Å². The van der Waals surface area contributed by atoms with Crippen molar-refractivity contribution in [3.8, 4) is 0 Å². The van der Waals surface area contributed by atoms with Gasteiger partial charge in [0, 0.05) is 44.0 Å². The van der Waals surface area contributed by atoms with Crippen molar-refractivity contribution in [3.63, 3.8) is 0 Å². The minimum atomic E-state index is -0.520. The normalized spacial score (nSPS) is 11.6. The van der Waals surface area contributed by atoms with Crippen LogP contribution in [0.15, 0.2) is 24.3 Å². The van der Waals surface area contributed by atoms with Gasteiger partial charge in [-0.2, -0.15) is 0 Å². The molecule has 1 rings (SSSR count). The number of rotatable bonds is 10. The summed E-state index contributed by atoms with van der Waals surface area (Å²) in [5, 5.41) is 10.7. The van der Waals surface area contributed by atoms with Crippen LogP contribution in [0.3, 0.4) is 0 Å². The Balaban J connectivity index is 2.85. The second kappa shape index (κ2) is 10.4. The van der Waals surface area contributed by atoms with Gasteiger partial charge >= 0.3 is 5.97 Å². The van der Waals surface area contributed by atoms with Crippen LogP contribution in [-0.4, -0.2) is 55.1 Å². The molecular weight excluding hydrogens is 328 g/mol. The fraction of sp³-hybridized carbons (Fsp3) is 0.529. The van der Waals surface area contributed by atoms with E-state index in [4.69, 9.17) is 9.47 Å². The molecule has 0 bridgehead atoms. The maximum absolute atomic E-state index is 12.7. The molecule has 1 unspecified atom stereocenters. The lowest BCUT2D eigenvalue weighted by Gasteiger charge is -2.25. The quantitative estimate of drug-likeness (QED) is 0.277. The number of carbonyl (C=O) groups is 2. The van der Waals surface area contributed by atoms with E-state index in [9.17, 15) is 19.7 Å². The molecular formula is C17H24N2O6. The van der Waals surface area contributed by atoms with Crippen molar-refractivity contribution < 1.29 is 24.0 Å². The first kappa shape index (κ1) is 20.6. The number of non-ortho nitro benzene ring substituents is 1. The second-order valence-corrected chi connectivity index (χ2v) is 5.53. The van der Waals surface area contributed by atoms with Crippen molar-refractivity contribution in [2.75, 3.05) is 33.4 Å². The van der Waals surface area contributed by atoms with Crippen LogP contribution in [0.5, 0.6) is 0 Å². The van der Waals surface area contributed by atoms with Crippen molar-refractivity contribution in [2.45, 2.75) is 20.3 Å². The van der Waals surface area contributed by atoms with Crippen molar-refractivity contribution in [2.24, 2.45) is 5.92 Å². The molecule has 138 valence electrons. The highest BCUT2D eigenvalue weighted by Crippen LogP contribution is 2.15. The predicted molar refractivity (Wildman–Crippen MR) is 91.3 cm³/mol. The molecule has 1 amide bonds. The summed E-state index contributed by atoms with van der Waals surface area (Å²) in [5.41, 5.74) is 0.251. The number of ether oxygens (including phenoxy) is 2. The van der Waals surface area contributed by atoms with E-state index in [2.05, 4.69) is 0 Å². The van der Waals surface area contributed by atoms with Crippen LogP contribution >= 0.6 is 0 Å². The number of carbonyl (C=O) groups excluding carboxylic acids is 2. The first-order chi connectivity index (χ1) is 11.9. The fourth-order valence-electron chi connectivity index (χ4n) is 2.29. The monoisotopic (exact) mass is 352 g/mol. The summed E-state index contributed by atoms with van der Waals surface area (Å²) in [7, 11) is 1.30. The molecule has 0 fully saturated rings. The molecule has 1 aromatic carbocycles. The zero-order valence-electron chi connectivity index (χ0n) is 14.8. The van der Waals surface area contributed by atoms with Gasteiger partial charge in [0.1, 0.15) is 0 Å². The van der Waals surface area contributed by atoms with Crippen molar-refractivity contribution in [1.29, 1.82) is 0 Å². The van der Waals surface area contributed by atoms with Crippen LogP contribution in [-0.2, 0) is 14.3 Å². The van der Waals surface area contributed by atoms with Gasteiger partial charge in [0.15, 0.2) is 0 Å². The Hall–Kier alpha value is -2.48. The largest absolute Gasteiger partial charge is 0.469 e. The maximum Gasteiger partial charge on any atom is 0.310 e. The van der Waals surface area contributed by atoms with E-state index < -0.39 is 16.8 Å². The number of hydrogen-bond donors (Lipinski definition) is 0. The Kier molecular flexibility index (Phi) is 8.55. The highest BCUT2D eigenvalue weighted by molar-refractivity contribution is 5.94. The molecule has 0 radical (unpaired) electrons. The van der Waals surface area contributed by atoms with Crippen LogP contribution < -0.4 is 0 Å². The lowest BCUT2D eigenvalue weighted by Crippen LogP contribution is -2.38. The summed E-state index contributed by atoms with van der Waals surface area (Å²) in [5.74, 6) is -1.16. The number of nitrogens with zero attached hydrogens (tertiary/aromatic N) is 2. The Morgan fingerprint density at radius 3 is 2.44 bits per heavy atom. The molecule has 0 spiro atoms. The average Bonchev–Trinajstić information content (AvgIpc) is 2.62. The van der Waals surface area contributed by atoms with E-state index in [0.717, 1.165) is 0 Å². The van der Waals surface area contributed by atoms with Gasteiger partial charge in [0.25, 0.3) is 11.6 Å². The minimum Gasteiger partial charge on any atom is -0.469 e. The topological polar surface area (TPSA) is 99.0 Å². The Bertz CT molecular complexity index is 587. The number of amides is 1. The van der Waals surface area contributed by atoms with E-state index >= 15 is 0 Å². The van der Waals surface area contributed by atoms with Gasteiger partial charge in [-0.25, -0.2) is 0 Å². The zero-order chi connectivity index (χ0) is 18.8. The molecule has 0 N–H and O–H groups in total. The van der Waals surface area contributed by atoms with Gasteiger partial charge < -0.3 is 14.4 Å². The van der Waals surface area contributed by atoms with Gasteiger partial charge in [-0.1, -0.05) is 6.92 Å². The number of nitro benzene ring substituents is 1. The minimum absolute atomic E-state index is 0.0811.